The summed E-state index contributed by atoms with van der Waals surface area (Å²) in [5, 5.41) is 3.51. The van der Waals surface area contributed by atoms with Gasteiger partial charge in [0.2, 0.25) is 0 Å². The van der Waals surface area contributed by atoms with Gasteiger partial charge in [0.1, 0.15) is 4.83 Å². The predicted octanol–water partition coefficient (Wildman–Crippen LogP) is 2.87. The van der Waals surface area contributed by atoms with Crippen LogP contribution >= 0.6 is 15.9 Å². The van der Waals surface area contributed by atoms with Gasteiger partial charge in [-0.1, -0.05) is 42.1 Å². The topological polar surface area (TPSA) is 38.3 Å². The highest BCUT2D eigenvalue weighted by Gasteiger charge is 2.23. The van der Waals surface area contributed by atoms with E-state index in [1.54, 1.807) is 0 Å². The van der Waals surface area contributed by atoms with Crippen molar-refractivity contribution >= 4 is 21.9 Å². The standard InChI is InChI=1S/C13H24BrNO2/c1-3-12(10-7-5-4-6-8-10)15-9-11(14)13(16)17-2/h10-12,15H,3-9H2,1-2H3. The first-order valence-corrected chi connectivity index (χ1v) is 7.55. The van der Waals surface area contributed by atoms with E-state index in [0.717, 1.165) is 12.3 Å². The normalized spacial score (nSPS) is 20.9. The Morgan fingerprint density at radius 2 is 2.06 bits per heavy atom. The lowest BCUT2D eigenvalue weighted by Gasteiger charge is -2.30. The summed E-state index contributed by atoms with van der Waals surface area (Å²) in [7, 11) is 1.43. The van der Waals surface area contributed by atoms with Gasteiger partial charge in [0.15, 0.2) is 0 Å². The molecule has 0 amide bonds. The second kappa shape index (κ2) is 8.09. The number of carbonyl (C=O) groups is 1. The van der Waals surface area contributed by atoms with Gasteiger partial charge in [-0.2, -0.15) is 0 Å². The van der Waals surface area contributed by atoms with Gasteiger partial charge in [-0.3, -0.25) is 4.79 Å². The molecule has 0 aromatic heterocycles. The summed E-state index contributed by atoms with van der Waals surface area (Å²) in [4.78, 5) is 11.0. The van der Waals surface area contributed by atoms with E-state index < -0.39 is 0 Å². The SMILES string of the molecule is CCC(NCC(Br)C(=O)OC)C1CCCCC1. The molecule has 1 N–H and O–H groups in total. The fraction of sp³-hybridized carbons (Fsp3) is 0.923. The highest BCUT2D eigenvalue weighted by molar-refractivity contribution is 9.10. The predicted molar refractivity (Wildman–Crippen MR) is 73.4 cm³/mol. The number of methoxy groups -OCH3 is 1. The van der Waals surface area contributed by atoms with Gasteiger partial charge in [-0.15, -0.1) is 0 Å². The molecule has 0 aliphatic heterocycles. The highest BCUT2D eigenvalue weighted by Crippen LogP contribution is 2.27. The quantitative estimate of drug-likeness (QED) is 0.606. The fourth-order valence-electron chi connectivity index (χ4n) is 2.65. The maximum absolute atomic E-state index is 11.3. The van der Waals surface area contributed by atoms with Crippen molar-refractivity contribution in [2.75, 3.05) is 13.7 Å². The average Bonchev–Trinajstić information content (AvgIpc) is 2.39. The van der Waals surface area contributed by atoms with E-state index in [4.69, 9.17) is 4.74 Å². The molecule has 1 rings (SSSR count). The van der Waals surface area contributed by atoms with Crippen LogP contribution in [0.25, 0.3) is 0 Å². The van der Waals surface area contributed by atoms with Crippen molar-refractivity contribution in [1.29, 1.82) is 0 Å². The Kier molecular flexibility index (Phi) is 7.12. The number of hydrogen-bond acceptors (Lipinski definition) is 3. The van der Waals surface area contributed by atoms with Crippen LogP contribution in [0.3, 0.4) is 0 Å². The Morgan fingerprint density at radius 1 is 1.41 bits per heavy atom. The molecular weight excluding hydrogens is 282 g/mol. The lowest BCUT2D eigenvalue weighted by atomic mass is 9.83. The zero-order valence-corrected chi connectivity index (χ0v) is 12.5. The number of ether oxygens (including phenoxy) is 1. The number of rotatable bonds is 6. The van der Waals surface area contributed by atoms with E-state index in [9.17, 15) is 4.79 Å². The third-order valence-electron chi connectivity index (χ3n) is 3.67. The summed E-state index contributed by atoms with van der Waals surface area (Å²) >= 11 is 3.35. The molecular formula is C13H24BrNO2. The molecule has 0 bridgehead atoms. The zero-order chi connectivity index (χ0) is 12.7. The fourth-order valence-corrected chi connectivity index (χ4v) is 3.02. The lowest BCUT2D eigenvalue weighted by Crippen LogP contribution is -2.41. The van der Waals surface area contributed by atoms with E-state index in [1.807, 2.05) is 0 Å². The number of nitrogens with one attached hydrogen (secondary N) is 1. The highest BCUT2D eigenvalue weighted by atomic mass is 79.9. The Hall–Kier alpha value is -0.0900. The maximum atomic E-state index is 11.3. The molecule has 1 aliphatic rings. The van der Waals surface area contributed by atoms with E-state index in [-0.39, 0.29) is 10.8 Å². The first kappa shape index (κ1) is 15.0. The van der Waals surface area contributed by atoms with Crippen molar-refractivity contribution in [3.05, 3.63) is 0 Å². The minimum atomic E-state index is -0.231. The van der Waals surface area contributed by atoms with Crippen LogP contribution < -0.4 is 5.32 Å². The number of alkyl halides is 1. The van der Waals surface area contributed by atoms with Crippen LogP contribution in [-0.2, 0) is 9.53 Å². The molecule has 0 heterocycles. The van der Waals surface area contributed by atoms with Gasteiger partial charge in [0.25, 0.3) is 0 Å². The second-order valence-corrected chi connectivity index (χ2v) is 5.92. The number of carbonyl (C=O) groups excluding carboxylic acids is 1. The van der Waals surface area contributed by atoms with E-state index in [0.29, 0.717) is 12.6 Å². The van der Waals surface area contributed by atoms with Gasteiger partial charge >= 0.3 is 5.97 Å². The Balaban J connectivity index is 2.33. The van der Waals surface area contributed by atoms with Gasteiger partial charge < -0.3 is 10.1 Å². The molecule has 17 heavy (non-hydrogen) atoms. The van der Waals surface area contributed by atoms with E-state index >= 15 is 0 Å². The molecule has 4 heteroatoms. The van der Waals surface area contributed by atoms with Crippen LogP contribution in [-0.4, -0.2) is 30.5 Å². The molecule has 0 radical (unpaired) electrons. The monoisotopic (exact) mass is 305 g/mol. The zero-order valence-electron chi connectivity index (χ0n) is 10.9. The van der Waals surface area contributed by atoms with Crippen molar-refractivity contribution in [3.63, 3.8) is 0 Å². The molecule has 0 saturated heterocycles. The molecule has 0 spiro atoms. The van der Waals surface area contributed by atoms with Gasteiger partial charge in [0, 0.05) is 12.6 Å². The molecule has 3 nitrogen and oxygen atoms in total. The molecule has 0 aromatic rings. The van der Waals surface area contributed by atoms with Crippen LogP contribution in [0, 0.1) is 5.92 Å². The molecule has 1 aliphatic carbocycles. The van der Waals surface area contributed by atoms with Crippen LogP contribution in [0.5, 0.6) is 0 Å². The summed E-state index contributed by atoms with van der Waals surface area (Å²) in [6, 6.07) is 0.542. The average molecular weight is 306 g/mol. The van der Waals surface area contributed by atoms with Crippen LogP contribution in [0.15, 0.2) is 0 Å². The van der Waals surface area contributed by atoms with Crippen LogP contribution in [0.2, 0.25) is 0 Å². The number of hydrogen-bond donors (Lipinski definition) is 1. The van der Waals surface area contributed by atoms with Gasteiger partial charge in [-0.25, -0.2) is 0 Å². The number of halogens is 1. The largest absolute Gasteiger partial charge is 0.468 e. The lowest BCUT2D eigenvalue weighted by molar-refractivity contribution is -0.139. The Labute approximate surface area is 113 Å². The maximum Gasteiger partial charge on any atom is 0.320 e. The minimum Gasteiger partial charge on any atom is -0.468 e. The van der Waals surface area contributed by atoms with Crippen molar-refractivity contribution in [2.45, 2.75) is 56.3 Å². The summed E-state index contributed by atoms with van der Waals surface area (Å²) < 4.78 is 4.70. The van der Waals surface area contributed by atoms with E-state index in [1.165, 1.54) is 39.2 Å². The molecule has 1 saturated carbocycles. The summed E-state index contributed by atoms with van der Waals surface area (Å²) in [5.41, 5.74) is 0. The minimum absolute atomic E-state index is 0.198. The van der Waals surface area contributed by atoms with Crippen LogP contribution in [0.4, 0.5) is 0 Å². The molecule has 1 fully saturated rings. The Bertz CT molecular complexity index is 229. The first-order valence-electron chi connectivity index (χ1n) is 6.64. The summed E-state index contributed by atoms with van der Waals surface area (Å²) in [6.45, 7) is 2.87. The third-order valence-corrected chi connectivity index (χ3v) is 4.37. The van der Waals surface area contributed by atoms with Crippen LogP contribution in [0.1, 0.15) is 45.4 Å². The van der Waals surface area contributed by atoms with Gasteiger partial charge in [0.05, 0.1) is 7.11 Å². The molecule has 2 unspecified atom stereocenters. The van der Waals surface area contributed by atoms with Crippen molar-refractivity contribution in [1.82, 2.24) is 5.32 Å². The van der Waals surface area contributed by atoms with E-state index in [2.05, 4.69) is 28.2 Å². The summed E-state index contributed by atoms with van der Waals surface area (Å²) in [6.07, 6.45) is 7.89. The van der Waals surface area contributed by atoms with Crippen molar-refractivity contribution in [3.8, 4) is 0 Å². The Morgan fingerprint density at radius 3 is 2.59 bits per heavy atom. The smallest absolute Gasteiger partial charge is 0.320 e. The number of esters is 1. The van der Waals surface area contributed by atoms with Crippen molar-refractivity contribution < 1.29 is 9.53 Å². The molecule has 100 valence electrons. The van der Waals surface area contributed by atoms with Gasteiger partial charge in [-0.05, 0) is 25.2 Å². The molecule has 0 aromatic carbocycles. The second-order valence-electron chi connectivity index (χ2n) is 4.81. The van der Waals surface area contributed by atoms with Crippen molar-refractivity contribution in [2.24, 2.45) is 5.92 Å². The first-order chi connectivity index (χ1) is 8.19. The third kappa shape index (κ3) is 4.96. The summed E-state index contributed by atoms with van der Waals surface area (Å²) in [5.74, 6) is 0.585. The molecule has 2 atom stereocenters.